The van der Waals surface area contributed by atoms with Gasteiger partial charge in [0.15, 0.2) is 5.60 Å². The molecule has 1 saturated heterocycles. The smallest absolute Gasteiger partial charge is 0.271 e. The number of oxime groups is 1. The first-order valence-corrected chi connectivity index (χ1v) is 11.8. The maximum Gasteiger partial charge on any atom is 0.271 e. The summed E-state index contributed by atoms with van der Waals surface area (Å²) in [6.45, 7) is 2.88. The average molecular weight is 443 g/mol. The molecule has 8 nitrogen and oxygen atoms in total. The molecule has 0 radical (unpaired) electrons. The van der Waals surface area contributed by atoms with E-state index in [0.717, 1.165) is 16.8 Å². The normalized spacial score (nSPS) is 21.2. The van der Waals surface area contributed by atoms with E-state index in [4.69, 9.17) is 4.84 Å². The molecule has 1 fully saturated rings. The van der Waals surface area contributed by atoms with Gasteiger partial charge in [-0.1, -0.05) is 41.1 Å². The van der Waals surface area contributed by atoms with Gasteiger partial charge < -0.3 is 9.74 Å². The highest BCUT2D eigenvalue weighted by Gasteiger charge is 2.49. The number of benzene rings is 1. The first-order valence-electron chi connectivity index (χ1n) is 10.2. The van der Waals surface area contributed by atoms with E-state index in [1.54, 1.807) is 18.1 Å². The summed E-state index contributed by atoms with van der Waals surface area (Å²) < 4.78 is 27.3. The Balaban J connectivity index is 1.36. The van der Waals surface area contributed by atoms with Gasteiger partial charge in [0.25, 0.3) is 5.91 Å². The zero-order valence-corrected chi connectivity index (χ0v) is 18.5. The predicted molar refractivity (Wildman–Crippen MR) is 117 cm³/mol. The Hall–Kier alpha value is -2.78. The van der Waals surface area contributed by atoms with Crippen LogP contribution in [0.1, 0.15) is 29.7 Å². The molecular formula is C22H26N4O4S. The minimum Gasteiger partial charge on any atom is -0.387 e. The first kappa shape index (κ1) is 21.5. The van der Waals surface area contributed by atoms with Crippen LogP contribution in [-0.4, -0.2) is 60.0 Å². The number of carbonyl (C=O) groups excluding carboxylic acids is 1. The molecule has 9 heteroatoms. The van der Waals surface area contributed by atoms with Crippen LogP contribution in [0.3, 0.4) is 0 Å². The van der Waals surface area contributed by atoms with Gasteiger partial charge in [-0.25, -0.2) is 8.42 Å². The molecule has 2 aromatic rings. The van der Waals surface area contributed by atoms with Crippen LogP contribution in [0.25, 0.3) is 0 Å². The van der Waals surface area contributed by atoms with Crippen molar-refractivity contribution in [3.8, 4) is 0 Å². The van der Waals surface area contributed by atoms with Gasteiger partial charge >= 0.3 is 0 Å². The number of aromatic nitrogens is 1. The maximum absolute atomic E-state index is 12.9. The average Bonchev–Trinajstić information content (AvgIpc) is 3.37. The minimum absolute atomic E-state index is 0.0528. The standard InChI is InChI=1S/C22H26N4O4S/c1-17-6-8-18(9-7-17)15-31(28,29)26-12-10-22(16-26)13-20(24-30-22)21(27)25(2)14-19-5-3-4-11-23-19/h3-9,11H,10,12-16H2,1-2H3. The molecule has 3 heterocycles. The molecule has 0 saturated carbocycles. The second-order valence-electron chi connectivity index (χ2n) is 8.30. The van der Waals surface area contributed by atoms with Crippen molar-refractivity contribution in [1.82, 2.24) is 14.2 Å². The van der Waals surface area contributed by atoms with Gasteiger partial charge in [-0.05, 0) is 24.6 Å². The lowest BCUT2D eigenvalue weighted by molar-refractivity contribution is -0.123. The lowest BCUT2D eigenvalue weighted by Crippen LogP contribution is -2.39. The summed E-state index contributed by atoms with van der Waals surface area (Å²) in [5.41, 5.74) is 2.17. The van der Waals surface area contributed by atoms with E-state index < -0.39 is 15.6 Å². The van der Waals surface area contributed by atoms with Crippen molar-refractivity contribution in [2.45, 2.75) is 37.7 Å². The van der Waals surface area contributed by atoms with Crippen LogP contribution in [0.2, 0.25) is 0 Å². The van der Waals surface area contributed by atoms with Crippen molar-refractivity contribution in [3.63, 3.8) is 0 Å². The van der Waals surface area contributed by atoms with Gasteiger partial charge in [0.05, 0.1) is 24.5 Å². The summed E-state index contributed by atoms with van der Waals surface area (Å²) in [4.78, 5) is 24.2. The molecule has 0 N–H and O–H groups in total. The second-order valence-corrected chi connectivity index (χ2v) is 10.3. The molecule has 1 aromatic carbocycles. The molecule has 1 amide bonds. The highest BCUT2D eigenvalue weighted by atomic mass is 32.2. The molecule has 1 unspecified atom stereocenters. The largest absolute Gasteiger partial charge is 0.387 e. The van der Waals surface area contributed by atoms with Gasteiger partial charge in [-0.3, -0.25) is 9.78 Å². The predicted octanol–water partition coefficient (Wildman–Crippen LogP) is 2.10. The number of carbonyl (C=O) groups is 1. The number of aryl methyl sites for hydroxylation is 1. The number of hydrogen-bond donors (Lipinski definition) is 0. The minimum atomic E-state index is -3.49. The third kappa shape index (κ3) is 4.77. The highest BCUT2D eigenvalue weighted by Crippen LogP contribution is 2.36. The van der Waals surface area contributed by atoms with E-state index in [2.05, 4.69) is 10.1 Å². The van der Waals surface area contributed by atoms with Gasteiger partial charge in [-0.15, -0.1) is 0 Å². The Morgan fingerprint density at radius 3 is 2.71 bits per heavy atom. The molecular weight excluding hydrogens is 416 g/mol. The molecule has 4 rings (SSSR count). The molecule has 31 heavy (non-hydrogen) atoms. The van der Waals surface area contributed by atoms with Crippen molar-refractivity contribution in [3.05, 3.63) is 65.5 Å². The number of amides is 1. The van der Waals surface area contributed by atoms with Crippen molar-refractivity contribution >= 4 is 21.6 Å². The van der Waals surface area contributed by atoms with E-state index >= 15 is 0 Å². The molecule has 0 bridgehead atoms. The molecule has 1 spiro atoms. The Morgan fingerprint density at radius 1 is 1.23 bits per heavy atom. The van der Waals surface area contributed by atoms with Crippen molar-refractivity contribution in [2.24, 2.45) is 5.16 Å². The zero-order chi connectivity index (χ0) is 22.1. The van der Waals surface area contributed by atoms with E-state index in [1.807, 2.05) is 49.4 Å². The summed E-state index contributed by atoms with van der Waals surface area (Å²) in [7, 11) is -1.79. The highest BCUT2D eigenvalue weighted by molar-refractivity contribution is 7.88. The van der Waals surface area contributed by atoms with Gasteiger partial charge in [0.1, 0.15) is 5.71 Å². The van der Waals surface area contributed by atoms with E-state index in [1.165, 1.54) is 4.31 Å². The number of pyridine rings is 1. The topological polar surface area (TPSA) is 92.2 Å². The van der Waals surface area contributed by atoms with Gasteiger partial charge in [-0.2, -0.15) is 4.31 Å². The van der Waals surface area contributed by atoms with Crippen LogP contribution in [0, 0.1) is 6.92 Å². The Bertz CT molecular complexity index is 1090. The van der Waals surface area contributed by atoms with Crippen LogP contribution in [0.15, 0.2) is 53.8 Å². The molecule has 1 aromatic heterocycles. The quantitative estimate of drug-likeness (QED) is 0.683. The number of sulfonamides is 1. The Morgan fingerprint density at radius 2 is 2.00 bits per heavy atom. The summed E-state index contributed by atoms with van der Waals surface area (Å²) >= 11 is 0. The van der Waals surface area contributed by atoms with Crippen LogP contribution >= 0.6 is 0 Å². The monoisotopic (exact) mass is 442 g/mol. The van der Waals surface area contributed by atoms with Gasteiger partial charge in [0, 0.05) is 32.6 Å². The molecule has 0 aliphatic carbocycles. The van der Waals surface area contributed by atoms with E-state index in [0.29, 0.717) is 31.6 Å². The second kappa shape index (κ2) is 8.39. The SMILES string of the molecule is Cc1ccc(CS(=O)(=O)N2CCC3(CC(C(=O)N(C)Cc4ccccn4)=NO3)C2)cc1. The van der Waals surface area contributed by atoms with Crippen molar-refractivity contribution in [1.29, 1.82) is 0 Å². The fourth-order valence-corrected chi connectivity index (χ4v) is 5.51. The fraction of sp³-hybridized carbons (Fsp3) is 0.409. The number of hydrogen-bond acceptors (Lipinski definition) is 6. The third-order valence-corrected chi connectivity index (χ3v) is 7.50. The lowest BCUT2D eigenvalue weighted by Gasteiger charge is -2.22. The lowest BCUT2D eigenvalue weighted by atomic mass is 9.96. The first-order chi connectivity index (χ1) is 14.8. The molecule has 2 aliphatic heterocycles. The van der Waals surface area contributed by atoms with E-state index in [-0.39, 0.29) is 18.2 Å². The van der Waals surface area contributed by atoms with Crippen molar-refractivity contribution < 1.29 is 18.0 Å². The van der Waals surface area contributed by atoms with Crippen LogP contribution < -0.4 is 0 Å². The van der Waals surface area contributed by atoms with Crippen LogP contribution in [-0.2, 0) is 32.0 Å². The number of nitrogens with zero attached hydrogens (tertiary/aromatic N) is 4. The zero-order valence-electron chi connectivity index (χ0n) is 17.7. The Kier molecular flexibility index (Phi) is 5.81. The van der Waals surface area contributed by atoms with Crippen LogP contribution in [0.4, 0.5) is 0 Å². The van der Waals surface area contributed by atoms with Gasteiger partial charge in [0.2, 0.25) is 10.0 Å². The summed E-state index contributed by atoms with van der Waals surface area (Å²) in [5.74, 6) is -0.286. The Labute approximate surface area is 182 Å². The third-order valence-electron chi connectivity index (χ3n) is 5.70. The fourth-order valence-electron chi connectivity index (χ4n) is 3.91. The summed E-state index contributed by atoms with van der Waals surface area (Å²) in [5, 5.41) is 4.03. The van der Waals surface area contributed by atoms with Crippen LogP contribution in [0.5, 0.6) is 0 Å². The number of rotatable bonds is 6. The maximum atomic E-state index is 12.9. The molecule has 2 aliphatic rings. The van der Waals surface area contributed by atoms with E-state index in [9.17, 15) is 13.2 Å². The molecule has 164 valence electrons. The van der Waals surface area contributed by atoms with Crippen molar-refractivity contribution in [2.75, 3.05) is 20.1 Å². The summed E-state index contributed by atoms with van der Waals surface area (Å²) in [6.07, 6.45) is 2.49. The summed E-state index contributed by atoms with van der Waals surface area (Å²) in [6, 6.07) is 13.0. The molecule has 1 atom stereocenters.